The first-order chi connectivity index (χ1) is 24.1. The maximum Gasteiger partial charge on any atom is 0.266 e. The third kappa shape index (κ3) is 7.85. The first kappa shape index (κ1) is 33.1. The number of amides is 1. The summed E-state index contributed by atoms with van der Waals surface area (Å²) in [5.74, 6) is 1.83. The van der Waals surface area contributed by atoms with Crippen LogP contribution in [0.3, 0.4) is 0 Å². The molecule has 0 saturated carbocycles. The molecule has 0 spiro atoms. The van der Waals surface area contributed by atoms with E-state index < -0.39 is 17.6 Å². The largest absolute Gasteiger partial charge is 0.494 e. The lowest BCUT2D eigenvalue weighted by Crippen LogP contribution is -2.52. The summed E-state index contributed by atoms with van der Waals surface area (Å²) in [5, 5.41) is 12.9. The van der Waals surface area contributed by atoms with Crippen LogP contribution >= 0.6 is 0 Å². The van der Waals surface area contributed by atoms with Crippen LogP contribution < -0.4 is 25.1 Å². The molecule has 2 aliphatic heterocycles. The summed E-state index contributed by atoms with van der Waals surface area (Å²) in [6.07, 6.45) is 3.70. The Kier molecular flexibility index (Phi) is 10.7. The van der Waals surface area contributed by atoms with Gasteiger partial charge >= 0.3 is 0 Å². The number of nitrogens with one attached hydrogen (secondary N) is 2. The van der Waals surface area contributed by atoms with Crippen LogP contribution in [0.5, 0.6) is 17.2 Å². The lowest BCUT2D eigenvalue weighted by atomic mass is 9.82. The summed E-state index contributed by atoms with van der Waals surface area (Å²) in [4.78, 5) is 22.5. The minimum Gasteiger partial charge on any atom is -0.494 e. The average Bonchev–Trinajstić information content (AvgIpc) is 3.77. The number of carbonyl (C=O) groups is 1. The Hall–Kier alpha value is -5.81. The summed E-state index contributed by atoms with van der Waals surface area (Å²) in [5.41, 5.74) is 17.5. The summed E-state index contributed by atoms with van der Waals surface area (Å²) in [7, 11) is 0. The molecular weight excluding hydrogens is 624 g/mol. The van der Waals surface area contributed by atoms with Crippen molar-refractivity contribution >= 4 is 17.9 Å². The second-order valence-corrected chi connectivity index (χ2v) is 11.4. The zero-order chi connectivity index (χ0) is 33.9. The highest BCUT2D eigenvalue weighted by molar-refractivity contribution is 6.01. The minimum atomic E-state index is -1.47. The molecule has 2 heterocycles. The monoisotopic (exact) mass is 660 g/mol. The van der Waals surface area contributed by atoms with Crippen LogP contribution in [0.2, 0.25) is 0 Å². The molecule has 0 bridgehead atoms. The number of fused-ring (bicyclic) bond motifs is 1. The molecule has 2 atom stereocenters. The number of ether oxygens (including phenoxy) is 4. The molecule has 0 aliphatic carbocycles. The van der Waals surface area contributed by atoms with Crippen LogP contribution in [0.1, 0.15) is 46.8 Å². The smallest absolute Gasteiger partial charge is 0.266 e. The van der Waals surface area contributed by atoms with E-state index >= 15 is 0 Å². The first-order valence-electron chi connectivity index (χ1n) is 15.9. The third-order valence-corrected chi connectivity index (χ3v) is 8.14. The van der Waals surface area contributed by atoms with Crippen LogP contribution in [0.25, 0.3) is 16.5 Å². The number of aliphatic imine (C=N–C) groups is 1. The molecule has 4 aromatic carbocycles. The number of hydrazine groups is 1. The fourth-order valence-electron chi connectivity index (χ4n) is 5.66. The molecule has 12 heteroatoms. The van der Waals surface area contributed by atoms with E-state index in [0.29, 0.717) is 53.5 Å². The fraction of sp³-hybridized carbons (Fsp3) is 0.243. The van der Waals surface area contributed by atoms with E-state index in [2.05, 4.69) is 20.9 Å². The molecule has 4 aromatic rings. The van der Waals surface area contributed by atoms with Gasteiger partial charge in [-0.2, -0.15) is 0 Å². The van der Waals surface area contributed by atoms with Crippen molar-refractivity contribution in [2.45, 2.75) is 37.6 Å². The highest BCUT2D eigenvalue weighted by Crippen LogP contribution is 2.44. The first-order valence-corrected chi connectivity index (χ1v) is 15.9. The number of aliphatic hydroxyl groups excluding tert-OH is 1. The number of aliphatic hydroxyl groups is 1. The second-order valence-electron chi connectivity index (χ2n) is 11.4. The molecule has 0 radical (unpaired) electrons. The highest BCUT2D eigenvalue weighted by Gasteiger charge is 2.53. The zero-order valence-electron chi connectivity index (χ0n) is 26.7. The number of nitrogens with zero attached hydrogens (tertiary/aromatic N) is 4. The molecule has 12 nitrogen and oxygen atoms in total. The predicted molar refractivity (Wildman–Crippen MR) is 184 cm³/mol. The lowest BCUT2D eigenvalue weighted by Gasteiger charge is -2.31. The summed E-state index contributed by atoms with van der Waals surface area (Å²) < 4.78 is 23.3. The third-order valence-electron chi connectivity index (χ3n) is 8.14. The van der Waals surface area contributed by atoms with Crippen LogP contribution in [0.15, 0.2) is 113 Å². The predicted octanol–water partition coefficient (Wildman–Crippen LogP) is 6.17. The molecule has 0 fully saturated rings. The molecular formula is C37H36N6O6. The summed E-state index contributed by atoms with van der Waals surface area (Å²) >= 11 is 0. The van der Waals surface area contributed by atoms with Gasteiger partial charge in [-0.1, -0.05) is 77.9 Å². The van der Waals surface area contributed by atoms with Crippen molar-refractivity contribution in [2.24, 2.45) is 10.1 Å². The van der Waals surface area contributed by atoms with Crippen LogP contribution in [-0.2, 0) is 22.6 Å². The van der Waals surface area contributed by atoms with E-state index in [1.54, 1.807) is 12.1 Å². The fourth-order valence-corrected chi connectivity index (χ4v) is 5.66. The van der Waals surface area contributed by atoms with Crippen molar-refractivity contribution in [3.63, 3.8) is 0 Å². The highest BCUT2D eigenvalue weighted by atomic mass is 16.7. The Morgan fingerprint density at radius 2 is 1.84 bits per heavy atom. The summed E-state index contributed by atoms with van der Waals surface area (Å²) in [6.45, 7) is 0.977. The van der Waals surface area contributed by atoms with E-state index in [-0.39, 0.29) is 32.3 Å². The van der Waals surface area contributed by atoms with Gasteiger partial charge in [0.2, 0.25) is 12.7 Å². The molecule has 250 valence electrons. The van der Waals surface area contributed by atoms with E-state index in [9.17, 15) is 4.79 Å². The van der Waals surface area contributed by atoms with Gasteiger partial charge in [0.1, 0.15) is 5.75 Å². The van der Waals surface area contributed by atoms with Gasteiger partial charge < -0.3 is 24.1 Å². The SMILES string of the molecule is [N-]=[N+]=NCc1ccccc1[C@@H]1OC(c2ccc(OCCCO)cc2)=N[C@]1(C/C=C/c1ccccc1)C(=O)NNCc1ccc2c(c1)OCO2. The van der Waals surface area contributed by atoms with Crippen molar-refractivity contribution in [3.05, 3.63) is 141 Å². The molecule has 0 saturated heterocycles. The maximum absolute atomic E-state index is 14.5. The van der Waals surface area contributed by atoms with Gasteiger partial charge in [0.15, 0.2) is 23.1 Å². The van der Waals surface area contributed by atoms with Crippen molar-refractivity contribution in [2.75, 3.05) is 20.0 Å². The van der Waals surface area contributed by atoms with Crippen LogP contribution in [0.4, 0.5) is 0 Å². The van der Waals surface area contributed by atoms with Crippen molar-refractivity contribution in [3.8, 4) is 17.2 Å². The quantitative estimate of drug-likeness (QED) is 0.0452. The molecule has 0 aromatic heterocycles. The standard InChI is InChI=1S/C37H36N6O6/c38-43-40-24-29-11-4-5-12-31(29)34-37(19-6-10-26-8-2-1-3-9-26,36(45)42-39-23-27-13-18-32-33(22-27)48-25-47-32)41-35(49-34)28-14-16-30(17-15-28)46-21-7-20-44/h1-6,8-18,22,34,39,44H,7,19-21,23-25H2,(H,42,45)/b10-6+/t34-,37-/m0/s1. The number of benzene rings is 4. The molecule has 1 amide bonds. The molecule has 0 unspecified atom stereocenters. The Morgan fingerprint density at radius 3 is 2.65 bits per heavy atom. The van der Waals surface area contributed by atoms with Gasteiger partial charge in [-0.25, -0.2) is 10.4 Å². The van der Waals surface area contributed by atoms with Gasteiger partial charge in [0.05, 0.1) is 13.2 Å². The van der Waals surface area contributed by atoms with Crippen molar-refractivity contribution in [1.82, 2.24) is 10.9 Å². The van der Waals surface area contributed by atoms with Gasteiger partial charge in [0.25, 0.3) is 5.91 Å². The maximum atomic E-state index is 14.5. The number of hydrogen-bond acceptors (Lipinski definition) is 9. The molecule has 2 aliphatic rings. The van der Waals surface area contributed by atoms with Gasteiger partial charge in [-0.15, -0.1) is 0 Å². The number of azide groups is 1. The van der Waals surface area contributed by atoms with Crippen molar-refractivity contribution < 1.29 is 28.8 Å². The Balaban J connectivity index is 1.35. The molecule has 49 heavy (non-hydrogen) atoms. The van der Waals surface area contributed by atoms with E-state index in [0.717, 1.165) is 11.1 Å². The number of rotatable bonds is 15. The Morgan fingerprint density at radius 1 is 1.04 bits per heavy atom. The molecule has 3 N–H and O–H groups in total. The average molecular weight is 661 g/mol. The summed E-state index contributed by atoms with van der Waals surface area (Å²) in [6, 6.07) is 30.0. The number of hydrogen-bond donors (Lipinski definition) is 3. The normalized spacial score (nSPS) is 17.7. The van der Waals surface area contributed by atoms with Gasteiger partial charge in [0, 0.05) is 36.5 Å². The lowest BCUT2D eigenvalue weighted by molar-refractivity contribution is -0.129. The van der Waals surface area contributed by atoms with Crippen LogP contribution in [-0.4, -0.2) is 42.5 Å². The molecule has 6 rings (SSSR count). The van der Waals surface area contributed by atoms with Crippen LogP contribution in [0, 0.1) is 0 Å². The Bertz CT molecular complexity index is 1860. The second kappa shape index (κ2) is 15.9. The van der Waals surface area contributed by atoms with Gasteiger partial charge in [-0.05, 0) is 64.2 Å². The Labute approximate surface area is 283 Å². The zero-order valence-corrected chi connectivity index (χ0v) is 26.7. The van der Waals surface area contributed by atoms with E-state index in [4.69, 9.17) is 34.6 Å². The topological polar surface area (TPSA) is 159 Å². The van der Waals surface area contributed by atoms with Gasteiger partial charge in [-0.3, -0.25) is 10.2 Å². The number of carbonyl (C=O) groups excluding carboxylic acids is 1. The minimum absolute atomic E-state index is 0.0414. The van der Waals surface area contributed by atoms with E-state index in [1.807, 2.05) is 97.1 Å². The van der Waals surface area contributed by atoms with E-state index in [1.165, 1.54) is 0 Å². The van der Waals surface area contributed by atoms with Crippen molar-refractivity contribution in [1.29, 1.82) is 0 Å².